The summed E-state index contributed by atoms with van der Waals surface area (Å²) in [5.41, 5.74) is 0. The van der Waals surface area contributed by atoms with Crippen LogP contribution in [-0.2, 0) is 9.59 Å². The van der Waals surface area contributed by atoms with Crippen LogP contribution in [0.5, 0.6) is 0 Å². The molecule has 4 unspecified atom stereocenters. The second-order valence-corrected chi connectivity index (χ2v) is 3.80. The van der Waals surface area contributed by atoms with Crippen LogP contribution in [0.1, 0.15) is 26.7 Å². The molecule has 4 atom stereocenters. The number of hydrogen-bond acceptors (Lipinski definition) is 6. The van der Waals surface area contributed by atoms with E-state index in [1.807, 2.05) is 0 Å². The van der Waals surface area contributed by atoms with Crippen LogP contribution >= 0.6 is 0 Å². The van der Waals surface area contributed by atoms with Crippen molar-refractivity contribution in [2.45, 2.75) is 51.1 Å². The highest BCUT2D eigenvalue weighted by Crippen LogP contribution is 2.05. The molecule has 0 aromatic heterocycles. The molecule has 0 spiro atoms. The van der Waals surface area contributed by atoms with Crippen LogP contribution in [0.2, 0.25) is 0 Å². The number of aliphatic hydroxyl groups is 4. The van der Waals surface area contributed by atoms with Gasteiger partial charge in [0.25, 0.3) is 0 Å². The molecule has 0 radical (unpaired) electrons. The summed E-state index contributed by atoms with van der Waals surface area (Å²) >= 11 is 0. The lowest BCUT2D eigenvalue weighted by Crippen LogP contribution is -2.34. The van der Waals surface area contributed by atoms with Crippen molar-refractivity contribution in [3.05, 3.63) is 0 Å². The van der Waals surface area contributed by atoms with Crippen molar-refractivity contribution >= 4 is 11.6 Å². The molecule has 0 aliphatic carbocycles. The molecule has 0 rings (SSSR count). The smallest absolute Gasteiger partial charge is 0.164 e. The molecule has 0 aromatic carbocycles. The van der Waals surface area contributed by atoms with Crippen LogP contribution in [0.3, 0.4) is 0 Å². The fraction of sp³-hybridized carbons (Fsp3) is 0.800. The molecule has 0 aliphatic heterocycles. The zero-order valence-electron chi connectivity index (χ0n) is 9.33. The topological polar surface area (TPSA) is 115 Å². The van der Waals surface area contributed by atoms with Crippen molar-refractivity contribution in [3.8, 4) is 0 Å². The first-order valence-corrected chi connectivity index (χ1v) is 5.05. The lowest BCUT2D eigenvalue weighted by atomic mass is 10.0. The first-order chi connectivity index (χ1) is 7.27. The maximum atomic E-state index is 11.2. The summed E-state index contributed by atoms with van der Waals surface area (Å²) in [6.45, 7) is 2.52. The molecule has 16 heavy (non-hydrogen) atoms. The van der Waals surface area contributed by atoms with Gasteiger partial charge in [-0.15, -0.1) is 0 Å². The third-order valence-electron chi connectivity index (χ3n) is 2.19. The summed E-state index contributed by atoms with van der Waals surface area (Å²) in [6.07, 6.45) is -5.95. The minimum atomic E-state index is -1.52. The van der Waals surface area contributed by atoms with Gasteiger partial charge in [0, 0.05) is 12.8 Å². The minimum Gasteiger partial charge on any atom is -0.390 e. The summed E-state index contributed by atoms with van der Waals surface area (Å²) in [5, 5.41) is 36.1. The monoisotopic (exact) mass is 234 g/mol. The SMILES string of the molecule is CC(O)C(O)C(=O)CCC(=O)C(O)C(C)O. The molecule has 0 bridgehead atoms. The van der Waals surface area contributed by atoms with Crippen LogP contribution < -0.4 is 0 Å². The third kappa shape index (κ3) is 4.80. The predicted molar refractivity (Wildman–Crippen MR) is 54.6 cm³/mol. The van der Waals surface area contributed by atoms with Crippen molar-refractivity contribution in [2.24, 2.45) is 0 Å². The number of carbonyl (C=O) groups is 2. The maximum absolute atomic E-state index is 11.2. The van der Waals surface area contributed by atoms with E-state index in [2.05, 4.69) is 0 Å². The van der Waals surface area contributed by atoms with Gasteiger partial charge in [0.2, 0.25) is 0 Å². The first kappa shape index (κ1) is 15.2. The number of hydrogen-bond donors (Lipinski definition) is 4. The van der Waals surface area contributed by atoms with Crippen molar-refractivity contribution in [1.29, 1.82) is 0 Å². The number of rotatable bonds is 7. The van der Waals surface area contributed by atoms with Gasteiger partial charge in [-0.05, 0) is 13.8 Å². The molecule has 0 aromatic rings. The van der Waals surface area contributed by atoms with Gasteiger partial charge in [0.05, 0.1) is 12.2 Å². The van der Waals surface area contributed by atoms with Crippen LogP contribution in [0.4, 0.5) is 0 Å². The van der Waals surface area contributed by atoms with Gasteiger partial charge in [-0.2, -0.15) is 0 Å². The summed E-state index contributed by atoms with van der Waals surface area (Å²) < 4.78 is 0. The molecule has 0 aliphatic rings. The van der Waals surface area contributed by atoms with Crippen LogP contribution in [0.15, 0.2) is 0 Å². The first-order valence-electron chi connectivity index (χ1n) is 5.05. The average molecular weight is 234 g/mol. The van der Waals surface area contributed by atoms with Crippen molar-refractivity contribution in [2.75, 3.05) is 0 Å². The van der Waals surface area contributed by atoms with E-state index in [9.17, 15) is 9.59 Å². The second-order valence-electron chi connectivity index (χ2n) is 3.80. The zero-order chi connectivity index (χ0) is 12.9. The van der Waals surface area contributed by atoms with E-state index in [-0.39, 0.29) is 12.8 Å². The molecule has 0 amide bonds. The summed E-state index contributed by atoms with van der Waals surface area (Å²) in [6, 6.07) is 0. The summed E-state index contributed by atoms with van der Waals surface area (Å²) in [7, 11) is 0. The molecule has 4 N–H and O–H groups in total. The van der Waals surface area contributed by atoms with E-state index in [1.54, 1.807) is 0 Å². The van der Waals surface area contributed by atoms with E-state index < -0.39 is 36.0 Å². The highest BCUT2D eigenvalue weighted by molar-refractivity contribution is 5.90. The Bertz CT molecular complexity index is 222. The fourth-order valence-electron chi connectivity index (χ4n) is 1.08. The van der Waals surface area contributed by atoms with Crippen molar-refractivity contribution in [1.82, 2.24) is 0 Å². The third-order valence-corrected chi connectivity index (χ3v) is 2.19. The average Bonchev–Trinajstić information content (AvgIpc) is 2.22. The normalized spacial score (nSPS) is 18.6. The zero-order valence-corrected chi connectivity index (χ0v) is 9.33. The molecular formula is C10H18O6. The van der Waals surface area contributed by atoms with Gasteiger partial charge >= 0.3 is 0 Å². The van der Waals surface area contributed by atoms with E-state index >= 15 is 0 Å². The van der Waals surface area contributed by atoms with E-state index in [4.69, 9.17) is 20.4 Å². The molecule has 0 heterocycles. The van der Waals surface area contributed by atoms with Gasteiger partial charge in [0.1, 0.15) is 12.2 Å². The highest BCUT2D eigenvalue weighted by atomic mass is 16.3. The predicted octanol–water partition coefficient (Wildman–Crippen LogP) is -1.61. The number of carbonyl (C=O) groups excluding carboxylic acids is 2. The van der Waals surface area contributed by atoms with Gasteiger partial charge in [0.15, 0.2) is 11.6 Å². The number of Topliss-reactive ketones (excluding diaryl/α,β-unsaturated/α-hetero) is 2. The second kappa shape index (κ2) is 6.70. The fourth-order valence-corrected chi connectivity index (χ4v) is 1.08. The molecule has 0 fully saturated rings. The van der Waals surface area contributed by atoms with Crippen LogP contribution in [0.25, 0.3) is 0 Å². The Morgan fingerprint density at radius 1 is 0.812 bits per heavy atom. The van der Waals surface area contributed by atoms with Crippen molar-refractivity contribution in [3.63, 3.8) is 0 Å². The van der Waals surface area contributed by atoms with Gasteiger partial charge in [-0.1, -0.05) is 0 Å². The van der Waals surface area contributed by atoms with E-state index in [1.165, 1.54) is 13.8 Å². The highest BCUT2D eigenvalue weighted by Gasteiger charge is 2.24. The Balaban J connectivity index is 4.07. The number of aliphatic hydroxyl groups excluding tert-OH is 4. The molecular weight excluding hydrogens is 216 g/mol. The largest absolute Gasteiger partial charge is 0.390 e. The summed E-state index contributed by atoms with van der Waals surface area (Å²) in [5.74, 6) is -1.33. The van der Waals surface area contributed by atoms with E-state index in [0.717, 1.165) is 0 Å². The van der Waals surface area contributed by atoms with Crippen molar-refractivity contribution < 1.29 is 30.0 Å². The van der Waals surface area contributed by atoms with Gasteiger partial charge < -0.3 is 20.4 Å². The lowest BCUT2D eigenvalue weighted by Gasteiger charge is -2.14. The maximum Gasteiger partial charge on any atom is 0.164 e. The molecule has 94 valence electrons. The molecule has 6 nitrogen and oxygen atoms in total. The van der Waals surface area contributed by atoms with Crippen LogP contribution in [-0.4, -0.2) is 56.4 Å². The molecule has 6 heteroatoms. The van der Waals surface area contributed by atoms with Crippen LogP contribution in [0, 0.1) is 0 Å². The quantitative estimate of drug-likeness (QED) is 0.421. The Morgan fingerprint density at radius 3 is 1.25 bits per heavy atom. The Morgan fingerprint density at radius 2 is 1.06 bits per heavy atom. The lowest BCUT2D eigenvalue weighted by molar-refractivity contribution is -0.137. The van der Waals surface area contributed by atoms with Gasteiger partial charge in [-0.25, -0.2) is 0 Å². The molecule has 0 saturated heterocycles. The Hall–Kier alpha value is -0.820. The Kier molecular flexibility index (Phi) is 6.35. The summed E-state index contributed by atoms with van der Waals surface area (Å²) in [4.78, 5) is 22.4. The standard InChI is InChI=1S/C10H18O6/c1-5(11)9(15)7(13)3-4-8(14)10(16)6(2)12/h5-6,9-12,15-16H,3-4H2,1-2H3. The van der Waals surface area contributed by atoms with E-state index in [0.29, 0.717) is 0 Å². The molecule has 0 saturated carbocycles. The minimum absolute atomic E-state index is 0.269. The number of ketones is 2. The Labute approximate surface area is 93.5 Å². The van der Waals surface area contributed by atoms with Gasteiger partial charge in [-0.3, -0.25) is 9.59 Å².